The summed E-state index contributed by atoms with van der Waals surface area (Å²) in [5, 5.41) is 55.2. The van der Waals surface area contributed by atoms with Crippen LogP contribution in [0.25, 0.3) is 55.0 Å². The number of fused-ring (bicyclic) bond motifs is 5. The Morgan fingerprint density at radius 3 is 1.74 bits per heavy atom. The van der Waals surface area contributed by atoms with Gasteiger partial charge in [-0.05, 0) is 83.3 Å². The minimum atomic E-state index is -4.76. The lowest BCUT2D eigenvalue weighted by Gasteiger charge is -2.16. The molecule has 296 valence electrons. The SMILES string of the molecule is O=S(=O)(OCC(Cl)(Cl)Cl)Oc1cccc2c1[nH]c1c(O)c(-c3ccc(O)cc3)c3c(c(-c4ccc(O)cc4)c(Cc4ccc(O)cc4)n3CCc3ccc(O)cc3)c12. The molecule has 0 aliphatic heterocycles. The number of phenols is 5. The van der Waals surface area contributed by atoms with E-state index in [0.29, 0.717) is 52.2 Å². The topological polar surface area (TPSA) is 174 Å². The van der Waals surface area contributed by atoms with E-state index >= 15 is 0 Å². The first-order valence-corrected chi connectivity index (χ1v) is 20.3. The number of nitrogens with zero attached hydrogens (tertiary/aromatic N) is 1. The van der Waals surface area contributed by atoms with Crippen LogP contribution in [0.1, 0.15) is 16.8 Å². The molecular formula is C43H33Cl3N2O9S. The van der Waals surface area contributed by atoms with E-state index in [1.807, 2.05) is 24.3 Å². The van der Waals surface area contributed by atoms with Gasteiger partial charge >= 0.3 is 10.4 Å². The van der Waals surface area contributed by atoms with E-state index in [1.165, 1.54) is 18.2 Å². The first kappa shape index (κ1) is 39.1. The molecule has 15 heteroatoms. The molecule has 0 spiro atoms. The number of aromatic amines is 1. The van der Waals surface area contributed by atoms with Crippen LogP contribution in [0.2, 0.25) is 0 Å². The number of hydrogen-bond acceptors (Lipinski definition) is 9. The molecule has 0 bridgehead atoms. The van der Waals surface area contributed by atoms with Crippen LogP contribution in [0.4, 0.5) is 0 Å². The first-order valence-electron chi connectivity index (χ1n) is 17.8. The van der Waals surface area contributed by atoms with Crippen LogP contribution in [-0.4, -0.2) is 53.9 Å². The van der Waals surface area contributed by atoms with E-state index in [-0.39, 0.29) is 45.5 Å². The smallest absolute Gasteiger partial charge is 0.449 e. The Kier molecular flexibility index (Phi) is 10.2. The van der Waals surface area contributed by atoms with Crippen LogP contribution in [0, 0.1) is 0 Å². The van der Waals surface area contributed by atoms with E-state index in [2.05, 4.69) is 9.55 Å². The molecule has 6 N–H and O–H groups in total. The molecule has 0 amide bonds. The zero-order valence-electron chi connectivity index (χ0n) is 30.2. The number of nitrogens with one attached hydrogen (secondary N) is 1. The lowest BCUT2D eigenvalue weighted by molar-refractivity contribution is 0.279. The van der Waals surface area contributed by atoms with Gasteiger partial charge in [-0.1, -0.05) is 95.5 Å². The van der Waals surface area contributed by atoms with Crippen LogP contribution in [-0.2, 0) is 34.0 Å². The number of benzene rings is 6. The van der Waals surface area contributed by atoms with Crippen molar-refractivity contribution < 1.29 is 42.3 Å². The third kappa shape index (κ3) is 7.77. The van der Waals surface area contributed by atoms with Gasteiger partial charge < -0.3 is 39.3 Å². The number of aromatic nitrogens is 2. The van der Waals surface area contributed by atoms with Crippen molar-refractivity contribution >= 4 is 77.9 Å². The molecule has 0 aliphatic rings. The summed E-state index contributed by atoms with van der Waals surface area (Å²) in [6, 6.07) is 31.8. The van der Waals surface area contributed by atoms with Crippen molar-refractivity contribution in [1.82, 2.24) is 9.55 Å². The fourth-order valence-electron chi connectivity index (χ4n) is 7.36. The molecule has 2 aromatic heterocycles. The van der Waals surface area contributed by atoms with Gasteiger partial charge in [-0.15, -0.1) is 0 Å². The quantitative estimate of drug-likeness (QED) is 0.0692. The van der Waals surface area contributed by atoms with Crippen LogP contribution in [0.15, 0.2) is 115 Å². The maximum atomic E-state index is 13.0. The monoisotopic (exact) mass is 858 g/mol. The van der Waals surface area contributed by atoms with Crippen molar-refractivity contribution in [1.29, 1.82) is 0 Å². The van der Waals surface area contributed by atoms with E-state index in [4.69, 9.17) is 43.2 Å². The van der Waals surface area contributed by atoms with Gasteiger partial charge in [0.1, 0.15) is 35.4 Å². The Balaban J connectivity index is 1.50. The number of aromatic hydroxyl groups is 5. The van der Waals surface area contributed by atoms with E-state index in [0.717, 1.165) is 27.9 Å². The van der Waals surface area contributed by atoms with Gasteiger partial charge in [-0.2, -0.15) is 8.42 Å². The van der Waals surface area contributed by atoms with Gasteiger partial charge in [0, 0.05) is 40.4 Å². The minimum Gasteiger partial charge on any atom is -0.508 e. The van der Waals surface area contributed by atoms with Crippen LogP contribution in [0.3, 0.4) is 0 Å². The Hall–Kier alpha value is -5.76. The fraction of sp³-hybridized carbons (Fsp3) is 0.116. The predicted octanol–water partition coefficient (Wildman–Crippen LogP) is 9.98. The zero-order chi connectivity index (χ0) is 40.9. The van der Waals surface area contributed by atoms with Gasteiger partial charge in [0.2, 0.25) is 3.79 Å². The Labute approximate surface area is 346 Å². The summed E-state index contributed by atoms with van der Waals surface area (Å²) in [5.41, 5.74) is 6.18. The number of aryl methyl sites for hydroxylation is 2. The van der Waals surface area contributed by atoms with E-state index in [9.17, 15) is 34.0 Å². The molecule has 8 rings (SSSR count). The summed E-state index contributed by atoms with van der Waals surface area (Å²) in [7, 11) is -4.76. The highest BCUT2D eigenvalue weighted by atomic mass is 35.6. The maximum Gasteiger partial charge on any atom is 0.449 e. The molecule has 6 aromatic carbocycles. The summed E-state index contributed by atoms with van der Waals surface area (Å²) < 4.78 is 36.4. The van der Waals surface area contributed by atoms with Gasteiger partial charge in [-0.3, -0.25) is 0 Å². The highest BCUT2D eigenvalue weighted by Crippen LogP contribution is 2.52. The van der Waals surface area contributed by atoms with Crippen LogP contribution < -0.4 is 4.18 Å². The van der Waals surface area contributed by atoms with Gasteiger partial charge in [0.05, 0.1) is 22.1 Å². The number of phenolic OH excluding ortho intramolecular Hbond substituents is 5. The van der Waals surface area contributed by atoms with Crippen molar-refractivity contribution in [2.24, 2.45) is 0 Å². The molecule has 58 heavy (non-hydrogen) atoms. The van der Waals surface area contributed by atoms with Gasteiger partial charge in [0.15, 0.2) is 5.75 Å². The predicted molar refractivity (Wildman–Crippen MR) is 226 cm³/mol. The summed E-state index contributed by atoms with van der Waals surface area (Å²) >= 11 is 17.2. The fourth-order valence-corrected chi connectivity index (χ4v) is 8.45. The normalized spacial score (nSPS) is 12.2. The highest BCUT2D eigenvalue weighted by Gasteiger charge is 2.31. The van der Waals surface area contributed by atoms with Crippen molar-refractivity contribution in [3.63, 3.8) is 0 Å². The summed E-state index contributed by atoms with van der Waals surface area (Å²) in [6.07, 6.45) is 0.862. The molecule has 0 saturated carbocycles. The van der Waals surface area contributed by atoms with Gasteiger partial charge in [-0.25, -0.2) is 4.18 Å². The summed E-state index contributed by atoms with van der Waals surface area (Å²) in [5.74, 6) is -0.00662. The number of hydrogen-bond donors (Lipinski definition) is 6. The molecule has 0 aliphatic carbocycles. The molecule has 0 fully saturated rings. The molecule has 0 saturated heterocycles. The van der Waals surface area contributed by atoms with Gasteiger partial charge in [0.25, 0.3) is 0 Å². The Morgan fingerprint density at radius 1 is 0.638 bits per heavy atom. The second-order valence-electron chi connectivity index (χ2n) is 13.7. The molecule has 0 unspecified atom stereocenters. The van der Waals surface area contributed by atoms with E-state index < -0.39 is 20.8 Å². The number of rotatable bonds is 11. The lowest BCUT2D eigenvalue weighted by atomic mass is 9.92. The molecule has 2 heterocycles. The molecule has 8 aromatic rings. The third-order valence-corrected chi connectivity index (χ3v) is 11.0. The Bertz CT molecular complexity index is 2920. The van der Waals surface area contributed by atoms with Crippen LogP contribution in [0.5, 0.6) is 34.5 Å². The largest absolute Gasteiger partial charge is 0.508 e. The molecule has 0 radical (unpaired) electrons. The highest BCUT2D eigenvalue weighted by molar-refractivity contribution is 7.82. The third-order valence-electron chi connectivity index (χ3n) is 9.87. The minimum absolute atomic E-state index is 0.0200. The van der Waals surface area contributed by atoms with Crippen molar-refractivity contribution in [2.45, 2.75) is 23.2 Å². The Morgan fingerprint density at radius 2 is 1.17 bits per heavy atom. The summed E-state index contributed by atoms with van der Waals surface area (Å²) in [4.78, 5) is 3.24. The first-order chi connectivity index (χ1) is 27.7. The van der Waals surface area contributed by atoms with Crippen molar-refractivity contribution in [3.8, 4) is 56.8 Å². The standard InChI is InChI=1S/C43H33Cl3N2O9S/c44-43(45,46)23-56-58(54,55)57-34-3-1-2-32-37-38-35(26-8-16-30(51)17-9-26)33(22-25-6-14-29(50)15-7-25)48(21-20-24-4-12-28(49)13-5-24)41(38)36(27-10-18-31(52)19-11-27)42(53)40(37)47-39(32)34/h1-19,47,49-53H,20-23H2. The molecule has 0 atom stereocenters. The average Bonchev–Trinajstić information content (AvgIpc) is 3.72. The lowest BCUT2D eigenvalue weighted by Crippen LogP contribution is -2.21. The van der Waals surface area contributed by atoms with Crippen LogP contribution >= 0.6 is 34.8 Å². The summed E-state index contributed by atoms with van der Waals surface area (Å²) in [6.45, 7) is -0.421. The molecule has 11 nitrogen and oxygen atoms in total. The van der Waals surface area contributed by atoms with E-state index in [1.54, 1.807) is 72.8 Å². The number of para-hydroxylation sites is 1. The zero-order valence-corrected chi connectivity index (χ0v) is 33.2. The molecular weight excluding hydrogens is 827 g/mol. The maximum absolute atomic E-state index is 13.0. The number of halogens is 3. The van der Waals surface area contributed by atoms with Crippen molar-refractivity contribution in [3.05, 3.63) is 132 Å². The number of alkyl halides is 3. The van der Waals surface area contributed by atoms with Crippen molar-refractivity contribution in [2.75, 3.05) is 6.61 Å². The average molecular weight is 860 g/mol. The second-order valence-corrected chi connectivity index (χ2v) is 17.4. The second kappa shape index (κ2) is 15.2. The number of H-pyrrole nitrogens is 1.